The topological polar surface area (TPSA) is 75.1 Å². The van der Waals surface area contributed by atoms with Crippen molar-refractivity contribution in [2.75, 3.05) is 33.3 Å². The van der Waals surface area contributed by atoms with Crippen LogP contribution in [0.2, 0.25) is 5.15 Å². The summed E-state index contributed by atoms with van der Waals surface area (Å²) in [4.78, 5) is 21.5. The van der Waals surface area contributed by atoms with E-state index in [2.05, 4.69) is 22.0 Å². The van der Waals surface area contributed by atoms with Crippen LogP contribution in [0.1, 0.15) is 58.6 Å². The number of piperazine rings is 1. The van der Waals surface area contributed by atoms with Crippen molar-refractivity contribution in [2.24, 2.45) is 0 Å². The van der Waals surface area contributed by atoms with E-state index in [1.165, 1.54) is 5.56 Å². The van der Waals surface area contributed by atoms with E-state index in [1.807, 2.05) is 41.3 Å². The Morgan fingerprint density at radius 3 is 2.38 bits per heavy atom. The first-order valence-corrected chi connectivity index (χ1v) is 14.1. The quantitative estimate of drug-likeness (QED) is 0.366. The summed E-state index contributed by atoms with van der Waals surface area (Å²) in [5.74, 6) is 1.78. The van der Waals surface area contributed by atoms with Gasteiger partial charge < -0.3 is 19.5 Å². The molecule has 1 saturated carbocycles. The van der Waals surface area contributed by atoms with Crippen LogP contribution in [0.4, 0.5) is 0 Å². The van der Waals surface area contributed by atoms with Crippen LogP contribution in [0.3, 0.4) is 0 Å². The summed E-state index contributed by atoms with van der Waals surface area (Å²) in [6.07, 6.45) is 6.47. The number of methoxy groups -OCH3 is 1. The number of rotatable bonds is 8. The molecule has 206 valence electrons. The lowest BCUT2D eigenvalue weighted by Gasteiger charge is -2.34. The first-order chi connectivity index (χ1) is 19.0. The molecule has 2 heterocycles. The molecule has 39 heavy (non-hydrogen) atoms. The van der Waals surface area contributed by atoms with Crippen molar-refractivity contribution in [3.05, 3.63) is 88.2 Å². The predicted octanol–water partition coefficient (Wildman–Crippen LogP) is 5.65. The monoisotopic (exact) mass is 549 g/mol. The highest BCUT2D eigenvalue weighted by Gasteiger charge is 2.24. The number of hydrogen-bond donors (Lipinski definition) is 1. The average molecular weight is 550 g/mol. The van der Waals surface area contributed by atoms with Crippen molar-refractivity contribution in [1.29, 1.82) is 0 Å². The molecule has 1 aliphatic heterocycles. The van der Waals surface area contributed by atoms with Crippen LogP contribution in [0.25, 0.3) is 0 Å². The standard InChI is InChI=1S/C31H36ClN3O4/c1-38-27-8-3-23(4-9-27)25-7-12-29(26(18-25)21-36)39-28-10-5-24(6-11-28)31(37)35-16-14-34(15-17-35)20-22-2-13-30(32)33-19-22/h2,5-7,10-13,18-19,23,27,36H,3-4,8-9,14-17,20-21H2,1H3. The zero-order chi connectivity index (χ0) is 27.2. The lowest BCUT2D eigenvalue weighted by molar-refractivity contribution is 0.0628. The van der Waals surface area contributed by atoms with Crippen molar-refractivity contribution in [2.45, 2.75) is 50.9 Å². The lowest BCUT2D eigenvalue weighted by atomic mass is 9.82. The third kappa shape index (κ3) is 6.97. The van der Waals surface area contributed by atoms with Gasteiger partial charge in [0.2, 0.25) is 0 Å². The molecular formula is C31H36ClN3O4. The highest BCUT2D eigenvalue weighted by atomic mass is 35.5. The van der Waals surface area contributed by atoms with Crippen LogP contribution in [0, 0.1) is 0 Å². The summed E-state index contributed by atoms with van der Waals surface area (Å²) in [5, 5.41) is 10.5. The second kappa shape index (κ2) is 12.9. The summed E-state index contributed by atoms with van der Waals surface area (Å²) in [6, 6.07) is 17.2. The first kappa shape index (κ1) is 27.6. The SMILES string of the molecule is COC1CCC(c2ccc(Oc3ccc(C(=O)N4CCN(Cc5ccc(Cl)nc5)CC4)cc3)c(CO)c2)CC1. The molecule has 0 atom stereocenters. The number of ether oxygens (including phenoxy) is 2. The number of aromatic nitrogens is 1. The number of aliphatic hydroxyl groups is 1. The van der Waals surface area contributed by atoms with Crippen LogP contribution >= 0.6 is 11.6 Å². The molecule has 2 aliphatic rings. The summed E-state index contributed by atoms with van der Waals surface area (Å²) in [6.45, 7) is 3.68. The van der Waals surface area contributed by atoms with Crippen molar-refractivity contribution < 1.29 is 19.4 Å². The smallest absolute Gasteiger partial charge is 0.253 e. The summed E-state index contributed by atoms with van der Waals surface area (Å²) in [5.41, 5.74) is 3.77. The number of hydrogen-bond acceptors (Lipinski definition) is 6. The van der Waals surface area contributed by atoms with Gasteiger partial charge in [0.1, 0.15) is 16.7 Å². The van der Waals surface area contributed by atoms with Crippen molar-refractivity contribution in [1.82, 2.24) is 14.8 Å². The van der Waals surface area contributed by atoms with Gasteiger partial charge in [0.15, 0.2) is 0 Å². The van der Waals surface area contributed by atoms with Crippen LogP contribution in [-0.4, -0.2) is 65.2 Å². The van der Waals surface area contributed by atoms with E-state index in [4.69, 9.17) is 21.1 Å². The molecule has 0 spiro atoms. The molecule has 1 aliphatic carbocycles. The van der Waals surface area contributed by atoms with Crippen molar-refractivity contribution in [3.8, 4) is 11.5 Å². The van der Waals surface area contributed by atoms with E-state index in [-0.39, 0.29) is 12.5 Å². The second-order valence-electron chi connectivity index (χ2n) is 10.4. The van der Waals surface area contributed by atoms with Crippen LogP contribution < -0.4 is 4.74 Å². The summed E-state index contributed by atoms with van der Waals surface area (Å²) < 4.78 is 11.6. The third-order valence-corrected chi connectivity index (χ3v) is 8.14. The minimum atomic E-state index is -0.0896. The number of halogens is 1. The zero-order valence-electron chi connectivity index (χ0n) is 22.4. The number of carbonyl (C=O) groups excluding carboxylic acids is 1. The van der Waals surface area contributed by atoms with Gasteiger partial charge >= 0.3 is 0 Å². The van der Waals surface area contributed by atoms with E-state index < -0.39 is 0 Å². The minimum Gasteiger partial charge on any atom is -0.457 e. The highest BCUT2D eigenvalue weighted by Crippen LogP contribution is 2.36. The van der Waals surface area contributed by atoms with Crippen LogP contribution in [0.5, 0.6) is 11.5 Å². The predicted molar refractivity (Wildman–Crippen MR) is 151 cm³/mol. The summed E-state index contributed by atoms with van der Waals surface area (Å²) >= 11 is 5.88. The molecule has 7 nitrogen and oxygen atoms in total. The molecule has 8 heteroatoms. The maximum Gasteiger partial charge on any atom is 0.253 e. The Hall–Kier alpha value is -2.97. The fourth-order valence-electron chi connectivity index (χ4n) is 5.55. The molecule has 0 bridgehead atoms. The highest BCUT2D eigenvalue weighted by molar-refractivity contribution is 6.29. The molecule has 1 amide bonds. The number of pyridine rings is 1. The molecule has 2 aromatic carbocycles. The van der Waals surface area contributed by atoms with Gasteiger partial charge in [0, 0.05) is 57.2 Å². The minimum absolute atomic E-state index is 0.0259. The lowest BCUT2D eigenvalue weighted by Crippen LogP contribution is -2.48. The van der Waals surface area contributed by atoms with Crippen molar-refractivity contribution >= 4 is 17.5 Å². The van der Waals surface area contributed by atoms with Crippen molar-refractivity contribution in [3.63, 3.8) is 0 Å². The first-order valence-electron chi connectivity index (χ1n) is 13.7. The molecule has 1 N–H and O–H groups in total. The van der Waals surface area contributed by atoms with E-state index in [0.29, 0.717) is 47.3 Å². The number of aliphatic hydroxyl groups excluding tert-OH is 1. The molecule has 0 radical (unpaired) electrons. The van der Waals surface area contributed by atoms with E-state index >= 15 is 0 Å². The Kier molecular flexibility index (Phi) is 9.14. The Balaban J connectivity index is 1.15. The maximum absolute atomic E-state index is 13.1. The van der Waals surface area contributed by atoms with Gasteiger partial charge in [-0.25, -0.2) is 4.98 Å². The Morgan fingerprint density at radius 1 is 1.00 bits per heavy atom. The Morgan fingerprint density at radius 2 is 1.74 bits per heavy atom. The zero-order valence-corrected chi connectivity index (χ0v) is 23.1. The molecule has 2 fully saturated rings. The van der Waals surface area contributed by atoms with Gasteiger partial charge in [0.05, 0.1) is 12.7 Å². The average Bonchev–Trinajstić information content (AvgIpc) is 2.99. The molecule has 1 saturated heterocycles. The van der Waals surface area contributed by atoms with E-state index in [0.717, 1.165) is 56.4 Å². The Bertz CT molecular complexity index is 1240. The fourth-order valence-corrected chi connectivity index (χ4v) is 5.66. The number of nitrogens with zero attached hydrogens (tertiary/aromatic N) is 3. The number of amides is 1. The third-order valence-electron chi connectivity index (χ3n) is 7.92. The van der Waals surface area contributed by atoms with Gasteiger partial charge in [-0.15, -0.1) is 0 Å². The van der Waals surface area contributed by atoms with Gasteiger partial charge in [-0.3, -0.25) is 9.69 Å². The van der Waals surface area contributed by atoms with Gasteiger partial charge in [0.25, 0.3) is 5.91 Å². The molecule has 3 aromatic rings. The van der Waals surface area contributed by atoms with Gasteiger partial charge in [-0.05, 0) is 85.2 Å². The van der Waals surface area contributed by atoms with Gasteiger partial charge in [-0.1, -0.05) is 23.7 Å². The molecule has 0 unspecified atom stereocenters. The number of carbonyl (C=O) groups is 1. The Labute approximate surface area is 235 Å². The van der Waals surface area contributed by atoms with Crippen LogP contribution in [-0.2, 0) is 17.9 Å². The maximum atomic E-state index is 13.1. The van der Waals surface area contributed by atoms with Crippen LogP contribution in [0.15, 0.2) is 60.8 Å². The van der Waals surface area contributed by atoms with E-state index in [9.17, 15) is 9.90 Å². The van der Waals surface area contributed by atoms with Gasteiger partial charge in [-0.2, -0.15) is 0 Å². The normalized spacial score (nSPS) is 20.1. The molecule has 5 rings (SSSR count). The summed E-state index contributed by atoms with van der Waals surface area (Å²) in [7, 11) is 1.79. The number of benzene rings is 2. The van der Waals surface area contributed by atoms with E-state index in [1.54, 1.807) is 19.4 Å². The molecular weight excluding hydrogens is 514 g/mol. The molecule has 1 aromatic heterocycles. The fraction of sp³-hybridized carbons (Fsp3) is 0.419. The largest absolute Gasteiger partial charge is 0.457 e. The second-order valence-corrected chi connectivity index (χ2v) is 10.8.